The van der Waals surface area contributed by atoms with Crippen LogP contribution in [0.15, 0.2) is 36.4 Å². The molecule has 4 N–H and O–H groups in total. The Hall–Kier alpha value is -2.63. The molecule has 0 fully saturated rings. The number of primary amides is 1. The lowest BCUT2D eigenvalue weighted by Crippen LogP contribution is -2.20. The maximum absolute atomic E-state index is 10.9. The number of nitrogens with two attached hydrogens (primary N) is 2. The average Bonchev–Trinajstić information content (AvgIpc) is 2.41. The SMILES string of the molecule is CN(Cc1ccccc1N)c1ccc(C(N)=O)nn1. The summed E-state index contributed by atoms with van der Waals surface area (Å²) in [6, 6.07) is 10.9. The Kier molecular flexibility index (Phi) is 3.61. The van der Waals surface area contributed by atoms with Gasteiger partial charge in [0.1, 0.15) is 0 Å². The van der Waals surface area contributed by atoms with E-state index in [2.05, 4.69) is 10.2 Å². The minimum atomic E-state index is -0.589. The lowest BCUT2D eigenvalue weighted by Gasteiger charge is -2.18. The summed E-state index contributed by atoms with van der Waals surface area (Å²) in [6.45, 7) is 0.608. The third kappa shape index (κ3) is 2.98. The van der Waals surface area contributed by atoms with E-state index in [9.17, 15) is 4.79 Å². The number of rotatable bonds is 4. The largest absolute Gasteiger partial charge is 0.398 e. The van der Waals surface area contributed by atoms with Gasteiger partial charge in [-0.1, -0.05) is 18.2 Å². The van der Waals surface area contributed by atoms with Gasteiger partial charge >= 0.3 is 0 Å². The molecule has 0 spiro atoms. The van der Waals surface area contributed by atoms with Crippen molar-refractivity contribution < 1.29 is 4.79 Å². The second kappa shape index (κ2) is 5.34. The highest BCUT2D eigenvalue weighted by atomic mass is 16.1. The first kappa shape index (κ1) is 12.8. The van der Waals surface area contributed by atoms with E-state index in [1.807, 2.05) is 36.2 Å². The van der Waals surface area contributed by atoms with Crippen molar-refractivity contribution in [2.24, 2.45) is 5.73 Å². The van der Waals surface area contributed by atoms with E-state index >= 15 is 0 Å². The number of nitrogens with zero attached hydrogens (tertiary/aromatic N) is 3. The fourth-order valence-corrected chi connectivity index (χ4v) is 1.67. The standard InChI is InChI=1S/C13H15N5O/c1-18(8-9-4-2-3-5-10(9)14)12-7-6-11(13(15)19)16-17-12/h2-7H,8,14H2,1H3,(H2,15,19). The van der Waals surface area contributed by atoms with Crippen LogP contribution in [-0.4, -0.2) is 23.2 Å². The highest BCUT2D eigenvalue weighted by molar-refractivity contribution is 5.90. The Morgan fingerprint density at radius 1 is 1.21 bits per heavy atom. The highest BCUT2D eigenvalue weighted by Gasteiger charge is 2.08. The molecule has 2 rings (SSSR count). The van der Waals surface area contributed by atoms with Crippen LogP contribution in [0.1, 0.15) is 16.1 Å². The predicted octanol–water partition coefficient (Wildman–Crippen LogP) is 0.794. The van der Waals surface area contributed by atoms with Gasteiger partial charge in [-0.2, -0.15) is 0 Å². The normalized spacial score (nSPS) is 10.2. The number of benzene rings is 1. The molecular weight excluding hydrogens is 242 g/mol. The van der Waals surface area contributed by atoms with Crippen molar-refractivity contribution in [1.82, 2.24) is 10.2 Å². The molecule has 0 aliphatic carbocycles. The molecule has 0 saturated heterocycles. The average molecular weight is 257 g/mol. The maximum atomic E-state index is 10.9. The van der Waals surface area contributed by atoms with Gasteiger partial charge in [0.15, 0.2) is 11.5 Å². The van der Waals surface area contributed by atoms with Crippen molar-refractivity contribution in [1.29, 1.82) is 0 Å². The first-order valence-corrected chi connectivity index (χ1v) is 5.76. The van der Waals surface area contributed by atoms with Gasteiger partial charge in [0.05, 0.1) is 0 Å². The molecular formula is C13H15N5O. The van der Waals surface area contributed by atoms with Gasteiger partial charge in [-0.25, -0.2) is 0 Å². The first-order chi connectivity index (χ1) is 9.08. The van der Waals surface area contributed by atoms with E-state index in [0.717, 1.165) is 11.3 Å². The lowest BCUT2D eigenvalue weighted by molar-refractivity contribution is 0.0994. The monoisotopic (exact) mass is 257 g/mol. The summed E-state index contributed by atoms with van der Waals surface area (Å²) in [7, 11) is 1.88. The zero-order valence-electron chi connectivity index (χ0n) is 10.6. The minimum absolute atomic E-state index is 0.149. The van der Waals surface area contributed by atoms with Crippen LogP contribution in [0.5, 0.6) is 0 Å². The summed E-state index contributed by atoms with van der Waals surface area (Å²) in [5.41, 5.74) is 12.9. The summed E-state index contributed by atoms with van der Waals surface area (Å²) in [5.74, 6) is 0.0576. The summed E-state index contributed by atoms with van der Waals surface area (Å²) >= 11 is 0. The number of hydrogen-bond acceptors (Lipinski definition) is 5. The van der Waals surface area contributed by atoms with E-state index in [1.54, 1.807) is 12.1 Å². The minimum Gasteiger partial charge on any atom is -0.398 e. The van der Waals surface area contributed by atoms with Gasteiger partial charge in [-0.3, -0.25) is 4.79 Å². The molecule has 2 aromatic rings. The second-order valence-electron chi connectivity index (χ2n) is 4.20. The Balaban J connectivity index is 2.14. The summed E-state index contributed by atoms with van der Waals surface area (Å²) in [6.07, 6.45) is 0. The molecule has 0 radical (unpaired) electrons. The fraction of sp³-hybridized carbons (Fsp3) is 0.154. The quantitative estimate of drug-likeness (QED) is 0.789. The predicted molar refractivity (Wildman–Crippen MR) is 73.5 cm³/mol. The number of hydrogen-bond donors (Lipinski definition) is 2. The molecule has 0 saturated carbocycles. The summed E-state index contributed by atoms with van der Waals surface area (Å²) in [4.78, 5) is 12.8. The highest BCUT2D eigenvalue weighted by Crippen LogP contribution is 2.16. The first-order valence-electron chi connectivity index (χ1n) is 5.76. The Labute approximate surface area is 111 Å². The fourth-order valence-electron chi connectivity index (χ4n) is 1.67. The smallest absolute Gasteiger partial charge is 0.269 e. The zero-order valence-corrected chi connectivity index (χ0v) is 10.6. The van der Waals surface area contributed by atoms with Crippen LogP contribution in [0.25, 0.3) is 0 Å². The van der Waals surface area contributed by atoms with Crippen LogP contribution < -0.4 is 16.4 Å². The molecule has 0 aliphatic heterocycles. The van der Waals surface area contributed by atoms with Crippen molar-refractivity contribution in [3.05, 3.63) is 47.7 Å². The molecule has 0 bridgehead atoms. The van der Waals surface area contributed by atoms with Gasteiger partial charge in [0, 0.05) is 19.3 Å². The molecule has 6 nitrogen and oxygen atoms in total. The molecule has 0 unspecified atom stereocenters. The van der Waals surface area contributed by atoms with E-state index in [1.165, 1.54) is 0 Å². The Bertz CT molecular complexity index is 582. The molecule has 1 amide bonds. The molecule has 19 heavy (non-hydrogen) atoms. The molecule has 1 aromatic carbocycles. The van der Waals surface area contributed by atoms with E-state index in [0.29, 0.717) is 12.4 Å². The number of amides is 1. The van der Waals surface area contributed by atoms with Crippen molar-refractivity contribution in [3.63, 3.8) is 0 Å². The van der Waals surface area contributed by atoms with E-state index in [-0.39, 0.29) is 5.69 Å². The van der Waals surface area contributed by atoms with Gasteiger partial charge in [-0.15, -0.1) is 10.2 Å². The number of aromatic nitrogens is 2. The van der Waals surface area contributed by atoms with Crippen LogP contribution in [-0.2, 0) is 6.54 Å². The van der Waals surface area contributed by atoms with Gasteiger partial charge < -0.3 is 16.4 Å². The zero-order chi connectivity index (χ0) is 13.8. The number of anilines is 2. The van der Waals surface area contributed by atoms with Crippen molar-refractivity contribution in [2.75, 3.05) is 17.7 Å². The van der Waals surface area contributed by atoms with Crippen LogP contribution >= 0.6 is 0 Å². The number of carbonyl (C=O) groups is 1. The Morgan fingerprint density at radius 3 is 2.53 bits per heavy atom. The topological polar surface area (TPSA) is 98.1 Å². The number of para-hydroxylation sites is 1. The molecule has 98 valence electrons. The molecule has 6 heteroatoms. The van der Waals surface area contributed by atoms with Crippen LogP contribution in [0.4, 0.5) is 11.5 Å². The van der Waals surface area contributed by atoms with Gasteiger partial charge in [-0.05, 0) is 23.8 Å². The maximum Gasteiger partial charge on any atom is 0.269 e. The summed E-state index contributed by atoms with van der Waals surface area (Å²) < 4.78 is 0. The van der Waals surface area contributed by atoms with Crippen molar-refractivity contribution >= 4 is 17.4 Å². The van der Waals surface area contributed by atoms with Crippen molar-refractivity contribution in [3.8, 4) is 0 Å². The van der Waals surface area contributed by atoms with Crippen LogP contribution in [0.2, 0.25) is 0 Å². The third-order valence-corrected chi connectivity index (χ3v) is 2.76. The number of carbonyl (C=O) groups excluding carboxylic acids is 1. The second-order valence-corrected chi connectivity index (χ2v) is 4.20. The van der Waals surface area contributed by atoms with Gasteiger partial charge in [0.25, 0.3) is 5.91 Å². The third-order valence-electron chi connectivity index (χ3n) is 2.76. The molecule has 1 heterocycles. The molecule has 1 aromatic heterocycles. The Morgan fingerprint density at radius 2 is 1.95 bits per heavy atom. The van der Waals surface area contributed by atoms with Gasteiger partial charge in [0.2, 0.25) is 0 Å². The van der Waals surface area contributed by atoms with Crippen LogP contribution in [0.3, 0.4) is 0 Å². The molecule has 0 atom stereocenters. The van der Waals surface area contributed by atoms with E-state index < -0.39 is 5.91 Å². The van der Waals surface area contributed by atoms with Crippen molar-refractivity contribution in [2.45, 2.75) is 6.54 Å². The van der Waals surface area contributed by atoms with E-state index in [4.69, 9.17) is 11.5 Å². The number of nitrogen functional groups attached to an aromatic ring is 1. The molecule has 0 aliphatic rings. The lowest BCUT2D eigenvalue weighted by atomic mass is 10.2. The summed E-state index contributed by atoms with van der Waals surface area (Å²) in [5, 5.41) is 7.73. The van der Waals surface area contributed by atoms with Crippen LogP contribution in [0, 0.1) is 0 Å².